The van der Waals surface area contributed by atoms with Gasteiger partial charge in [0.25, 0.3) is 5.91 Å². The second kappa shape index (κ2) is 5.23. The van der Waals surface area contributed by atoms with Gasteiger partial charge in [-0.2, -0.15) is 0 Å². The van der Waals surface area contributed by atoms with Crippen LogP contribution in [0.4, 0.5) is 0 Å². The second-order valence-corrected chi connectivity index (χ2v) is 4.54. The van der Waals surface area contributed by atoms with E-state index >= 15 is 0 Å². The van der Waals surface area contributed by atoms with Crippen LogP contribution < -0.4 is 0 Å². The van der Waals surface area contributed by atoms with Crippen molar-refractivity contribution in [3.8, 4) is 0 Å². The number of aromatic nitrogens is 2. The lowest BCUT2D eigenvalue weighted by atomic mass is 10.0. The van der Waals surface area contributed by atoms with Crippen LogP contribution in [0, 0.1) is 0 Å². The third-order valence-electron chi connectivity index (χ3n) is 3.34. The average molecular weight is 234 g/mol. The Kier molecular flexibility index (Phi) is 3.68. The summed E-state index contributed by atoms with van der Waals surface area (Å²) in [6, 6.07) is 0.320. The van der Waals surface area contributed by atoms with E-state index in [1.165, 1.54) is 6.20 Å². The topological polar surface area (TPSA) is 49.3 Å². The number of carbonyl (C=O) groups is 1. The predicted octanol–water partition coefficient (Wildman–Crippen LogP) is 0.643. The molecule has 92 valence electrons. The number of hydrogen-bond donors (Lipinski definition) is 0. The molecule has 0 N–H and O–H groups in total. The van der Waals surface area contributed by atoms with Crippen molar-refractivity contribution < 1.29 is 4.79 Å². The minimum Gasteiger partial charge on any atom is -0.337 e. The van der Waals surface area contributed by atoms with Gasteiger partial charge in [-0.3, -0.25) is 9.78 Å². The SMILES string of the molecule is CN1CCC(N(C)C(=O)c2cnccn2)CC1. The first-order valence-corrected chi connectivity index (χ1v) is 5.90. The summed E-state index contributed by atoms with van der Waals surface area (Å²) in [4.78, 5) is 24.2. The van der Waals surface area contributed by atoms with Crippen molar-refractivity contribution >= 4 is 5.91 Å². The third-order valence-corrected chi connectivity index (χ3v) is 3.34. The molecule has 0 unspecified atom stereocenters. The smallest absolute Gasteiger partial charge is 0.274 e. The predicted molar refractivity (Wildman–Crippen MR) is 64.6 cm³/mol. The molecule has 0 saturated carbocycles. The molecule has 1 aromatic heterocycles. The van der Waals surface area contributed by atoms with E-state index in [0.29, 0.717) is 11.7 Å². The lowest BCUT2D eigenvalue weighted by Gasteiger charge is -2.34. The van der Waals surface area contributed by atoms with Crippen LogP contribution in [0.5, 0.6) is 0 Å². The zero-order valence-corrected chi connectivity index (χ0v) is 10.3. The number of piperidine rings is 1. The van der Waals surface area contributed by atoms with E-state index in [1.54, 1.807) is 17.3 Å². The van der Waals surface area contributed by atoms with Gasteiger partial charge >= 0.3 is 0 Å². The molecular weight excluding hydrogens is 216 g/mol. The molecule has 0 spiro atoms. The monoisotopic (exact) mass is 234 g/mol. The van der Waals surface area contributed by atoms with Crippen molar-refractivity contribution in [3.63, 3.8) is 0 Å². The van der Waals surface area contributed by atoms with Gasteiger partial charge in [0.1, 0.15) is 5.69 Å². The van der Waals surface area contributed by atoms with E-state index < -0.39 is 0 Å². The van der Waals surface area contributed by atoms with Crippen molar-refractivity contribution in [2.45, 2.75) is 18.9 Å². The van der Waals surface area contributed by atoms with Gasteiger partial charge in [-0.15, -0.1) is 0 Å². The molecule has 5 heteroatoms. The first-order chi connectivity index (χ1) is 8.18. The standard InChI is InChI=1S/C12H18N4O/c1-15-7-3-10(4-8-15)16(2)12(17)11-9-13-5-6-14-11/h5-6,9-10H,3-4,7-8H2,1-2H3. The number of hydrogen-bond acceptors (Lipinski definition) is 4. The van der Waals surface area contributed by atoms with Crippen molar-refractivity contribution in [1.29, 1.82) is 0 Å². The van der Waals surface area contributed by atoms with Crippen LogP contribution in [0.3, 0.4) is 0 Å². The summed E-state index contributed by atoms with van der Waals surface area (Å²) in [5, 5.41) is 0. The maximum atomic E-state index is 12.1. The van der Waals surface area contributed by atoms with Crippen LogP contribution in [0.15, 0.2) is 18.6 Å². The van der Waals surface area contributed by atoms with Crippen molar-refractivity contribution in [2.75, 3.05) is 27.2 Å². The lowest BCUT2D eigenvalue weighted by molar-refractivity contribution is 0.0653. The number of likely N-dealkylation sites (tertiary alicyclic amines) is 1. The van der Waals surface area contributed by atoms with Gasteiger partial charge in [-0.1, -0.05) is 0 Å². The molecule has 1 aliphatic heterocycles. The molecule has 1 fully saturated rings. The van der Waals surface area contributed by atoms with E-state index in [2.05, 4.69) is 21.9 Å². The quantitative estimate of drug-likeness (QED) is 0.753. The highest BCUT2D eigenvalue weighted by Crippen LogP contribution is 2.15. The van der Waals surface area contributed by atoms with Crippen LogP contribution in [-0.2, 0) is 0 Å². The van der Waals surface area contributed by atoms with Gasteiger partial charge in [-0.05, 0) is 33.0 Å². The first kappa shape index (κ1) is 12.0. The van der Waals surface area contributed by atoms with Crippen LogP contribution >= 0.6 is 0 Å². The highest BCUT2D eigenvalue weighted by atomic mass is 16.2. The van der Waals surface area contributed by atoms with E-state index in [4.69, 9.17) is 0 Å². The minimum absolute atomic E-state index is 0.0346. The Balaban J connectivity index is 2.00. The fraction of sp³-hybridized carbons (Fsp3) is 0.583. The van der Waals surface area contributed by atoms with Gasteiger partial charge in [0.15, 0.2) is 0 Å². The van der Waals surface area contributed by atoms with Gasteiger partial charge in [0, 0.05) is 25.5 Å². The lowest BCUT2D eigenvalue weighted by Crippen LogP contribution is -2.44. The number of rotatable bonds is 2. The zero-order chi connectivity index (χ0) is 12.3. The molecule has 1 amide bonds. The maximum Gasteiger partial charge on any atom is 0.274 e. The third kappa shape index (κ3) is 2.79. The Morgan fingerprint density at radius 3 is 2.71 bits per heavy atom. The summed E-state index contributed by atoms with van der Waals surface area (Å²) in [5.41, 5.74) is 0.425. The maximum absolute atomic E-state index is 12.1. The summed E-state index contributed by atoms with van der Waals surface area (Å²) in [6.07, 6.45) is 6.70. The van der Waals surface area contributed by atoms with Crippen LogP contribution in [0.2, 0.25) is 0 Å². The van der Waals surface area contributed by atoms with E-state index in [0.717, 1.165) is 25.9 Å². The fourth-order valence-electron chi connectivity index (χ4n) is 2.14. The normalized spacial score (nSPS) is 18.0. The fourth-order valence-corrected chi connectivity index (χ4v) is 2.14. The average Bonchev–Trinajstić information content (AvgIpc) is 2.39. The molecule has 0 aromatic carbocycles. The minimum atomic E-state index is -0.0346. The molecular formula is C12H18N4O. The number of carbonyl (C=O) groups excluding carboxylic acids is 1. The Morgan fingerprint density at radius 2 is 2.12 bits per heavy atom. The molecule has 0 aliphatic carbocycles. The molecule has 1 aromatic rings. The highest BCUT2D eigenvalue weighted by Gasteiger charge is 2.25. The Hall–Kier alpha value is -1.49. The summed E-state index contributed by atoms with van der Waals surface area (Å²) < 4.78 is 0. The van der Waals surface area contributed by atoms with Gasteiger partial charge in [0.05, 0.1) is 6.20 Å². The van der Waals surface area contributed by atoms with Crippen molar-refractivity contribution in [3.05, 3.63) is 24.3 Å². The van der Waals surface area contributed by atoms with Crippen LogP contribution in [-0.4, -0.2) is 58.9 Å². The van der Waals surface area contributed by atoms with Gasteiger partial charge < -0.3 is 9.80 Å². The molecule has 17 heavy (non-hydrogen) atoms. The van der Waals surface area contributed by atoms with E-state index in [-0.39, 0.29) is 5.91 Å². The Bertz CT molecular complexity index is 373. The molecule has 0 bridgehead atoms. The molecule has 0 atom stereocenters. The van der Waals surface area contributed by atoms with E-state index in [1.807, 2.05) is 7.05 Å². The molecule has 1 saturated heterocycles. The zero-order valence-electron chi connectivity index (χ0n) is 10.3. The van der Waals surface area contributed by atoms with E-state index in [9.17, 15) is 4.79 Å². The molecule has 0 radical (unpaired) electrons. The van der Waals surface area contributed by atoms with Crippen LogP contribution in [0.1, 0.15) is 23.3 Å². The highest BCUT2D eigenvalue weighted by molar-refractivity contribution is 5.91. The summed E-state index contributed by atoms with van der Waals surface area (Å²) in [7, 11) is 3.97. The molecule has 2 heterocycles. The Morgan fingerprint density at radius 1 is 1.41 bits per heavy atom. The summed E-state index contributed by atoms with van der Waals surface area (Å²) in [5.74, 6) is -0.0346. The molecule has 1 aliphatic rings. The molecule has 5 nitrogen and oxygen atoms in total. The van der Waals surface area contributed by atoms with Crippen LogP contribution in [0.25, 0.3) is 0 Å². The first-order valence-electron chi connectivity index (χ1n) is 5.90. The number of amides is 1. The van der Waals surface area contributed by atoms with Crippen molar-refractivity contribution in [2.24, 2.45) is 0 Å². The largest absolute Gasteiger partial charge is 0.337 e. The Labute approximate surface area is 101 Å². The van der Waals surface area contributed by atoms with Gasteiger partial charge in [0.2, 0.25) is 0 Å². The molecule has 2 rings (SSSR count). The number of nitrogens with zero attached hydrogens (tertiary/aromatic N) is 4. The summed E-state index contributed by atoms with van der Waals surface area (Å²) in [6.45, 7) is 2.09. The van der Waals surface area contributed by atoms with Crippen molar-refractivity contribution in [1.82, 2.24) is 19.8 Å². The van der Waals surface area contributed by atoms with Gasteiger partial charge in [-0.25, -0.2) is 4.98 Å². The second-order valence-electron chi connectivity index (χ2n) is 4.54. The summed E-state index contributed by atoms with van der Waals surface area (Å²) >= 11 is 0.